The number of aromatic nitrogens is 3. The molecule has 1 aliphatic rings. The third-order valence-electron chi connectivity index (χ3n) is 4.22. The number of carbonyl (C=O) groups is 1. The number of imidazole rings is 1. The Morgan fingerprint density at radius 2 is 2.00 bits per heavy atom. The fourth-order valence-electron chi connectivity index (χ4n) is 2.84. The van der Waals surface area contributed by atoms with Gasteiger partial charge in [-0.2, -0.15) is 0 Å². The van der Waals surface area contributed by atoms with E-state index in [0.29, 0.717) is 6.42 Å². The Kier molecular flexibility index (Phi) is 3.87. The smallest absolute Gasteiger partial charge is 0.227 e. The molecule has 0 atom stereocenters. The number of carbonyl (C=O) groups excluding carboxylic acids is 1. The highest BCUT2D eigenvalue weighted by Gasteiger charge is 2.24. The number of hydrogen-bond acceptors (Lipinski definition) is 5. The van der Waals surface area contributed by atoms with E-state index in [0.717, 1.165) is 49.1 Å². The Balaban J connectivity index is 1.59. The molecule has 118 valence electrons. The second kappa shape index (κ2) is 5.82. The molecular weight excluding hydrogens is 282 g/mol. The number of anilines is 1. The lowest BCUT2D eigenvalue weighted by molar-refractivity contribution is -0.130. The first-order valence-electron chi connectivity index (χ1n) is 7.48. The molecule has 0 aromatic carbocycles. The van der Waals surface area contributed by atoms with Gasteiger partial charge in [0.25, 0.3) is 0 Å². The van der Waals surface area contributed by atoms with Gasteiger partial charge in [-0.05, 0) is 13.8 Å². The molecule has 7 nitrogen and oxygen atoms in total. The zero-order valence-electron chi connectivity index (χ0n) is 13.2. The summed E-state index contributed by atoms with van der Waals surface area (Å²) in [5.41, 5.74) is 1.72. The van der Waals surface area contributed by atoms with Gasteiger partial charge in [-0.15, -0.1) is 0 Å². The molecule has 2 aromatic rings. The molecule has 0 aliphatic carbocycles. The minimum Gasteiger partial charge on any atom is -0.361 e. The van der Waals surface area contributed by atoms with Crippen molar-refractivity contribution in [2.24, 2.45) is 7.05 Å². The van der Waals surface area contributed by atoms with Crippen LogP contribution in [0.2, 0.25) is 0 Å². The van der Waals surface area contributed by atoms with E-state index in [4.69, 9.17) is 4.52 Å². The van der Waals surface area contributed by atoms with Gasteiger partial charge in [0.2, 0.25) is 11.9 Å². The summed E-state index contributed by atoms with van der Waals surface area (Å²) in [6.45, 7) is 6.76. The zero-order valence-corrected chi connectivity index (χ0v) is 13.2. The predicted octanol–water partition coefficient (Wildman–Crippen LogP) is 0.916. The topological polar surface area (TPSA) is 67.4 Å². The van der Waals surface area contributed by atoms with Gasteiger partial charge in [-0.25, -0.2) is 4.98 Å². The van der Waals surface area contributed by atoms with E-state index in [1.54, 1.807) is 6.20 Å². The molecular formula is C15H21N5O2. The molecule has 7 heteroatoms. The first kappa shape index (κ1) is 14.6. The van der Waals surface area contributed by atoms with E-state index in [9.17, 15) is 4.79 Å². The summed E-state index contributed by atoms with van der Waals surface area (Å²) in [6, 6.07) is 0. The molecule has 0 N–H and O–H groups in total. The summed E-state index contributed by atoms with van der Waals surface area (Å²) in [7, 11) is 1.98. The minimum absolute atomic E-state index is 0.133. The summed E-state index contributed by atoms with van der Waals surface area (Å²) >= 11 is 0. The third kappa shape index (κ3) is 2.70. The van der Waals surface area contributed by atoms with Crippen molar-refractivity contribution in [3.63, 3.8) is 0 Å². The van der Waals surface area contributed by atoms with Gasteiger partial charge < -0.3 is 18.9 Å². The van der Waals surface area contributed by atoms with Crippen molar-refractivity contribution in [2.45, 2.75) is 20.3 Å². The maximum Gasteiger partial charge on any atom is 0.227 e. The lowest BCUT2D eigenvalue weighted by atomic mass is 10.1. The van der Waals surface area contributed by atoms with Crippen LogP contribution in [0.15, 0.2) is 16.9 Å². The van der Waals surface area contributed by atoms with E-state index in [1.807, 2.05) is 36.6 Å². The fourth-order valence-corrected chi connectivity index (χ4v) is 2.84. The molecule has 0 saturated carbocycles. The van der Waals surface area contributed by atoms with Crippen molar-refractivity contribution in [3.8, 4) is 0 Å². The lowest BCUT2D eigenvalue weighted by Crippen LogP contribution is -2.49. The molecule has 3 rings (SSSR count). The van der Waals surface area contributed by atoms with Crippen molar-refractivity contribution in [3.05, 3.63) is 29.4 Å². The first-order valence-corrected chi connectivity index (χ1v) is 7.48. The van der Waals surface area contributed by atoms with Crippen molar-refractivity contribution in [1.29, 1.82) is 0 Å². The van der Waals surface area contributed by atoms with Crippen molar-refractivity contribution >= 4 is 11.9 Å². The third-order valence-corrected chi connectivity index (χ3v) is 4.22. The Labute approximate surface area is 129 Å². The predicted molar refractivity (Wildman–Crippen MR) is 81.7 cm³/mol. The Morgan fingerprint density at radius 3 is 2.55 bits per heavy atom. The van der Waals surface area contributed by atoms with Crippen molar-refractivity contribution in [1.82, 2.24) is 19.6 Å². The molecule has 0 radical (unpaired) electrons. The summed E-state index contributed by atoms with van der Waals surface area (Å²) < 4.78 is 7.12. The molecule has 22 heavy (non-hydrogen) atoms. The summed E-state index contributed by atoms with van der Waals surface area (Å²) in [5.74, 6) is 1.82. The maximum atomic E-state index is 12.4. The largest absolute Gasteiger partial charge is 0.361 e. The van der Waals surface area contributed by atoms with E-state index in [2.05, 4.69) is 15.0 Å². The lowest BCUT2D eigenvalue weighted by Gasteiger charge is -2.35. The van der Waals surface area contributed by atoms with Crippen LogP contribution in [0.4, 0.5) is 5.95 Å². The highest BCUT2D eigenvalue weighted by Crippen LogP contribution is 2.16. The molecule has 0 unspecified atom stereocenters. The summed E-state index contributed by atoms with van der Waals surface area (Å²) in [5, 5.41) is 3.90. The maximum absolute atomic E-state index is 12.4. The van der Waals surface area contributed by atoms with E-state index in [1.165, 1.54) is 0 Å². The Hall–Kier alpha value is -2.31. The van der Waals surface area contributed by atoms with Crippen molar-refractivity contribution < 1.29 is 9.32 Å². The molecule has 0 bridgehead atoms. The van der Waals surface area contributed by atoms with Gasteiger partial charge in [0.05, 0.1) is 12.1 Å². The Morgan fingerprint density at radius 1 is 1.27 bits per heavy atom. The van der Waals surface area contributed by atoms with Gasteiger partial charge in [0.15, 0.2) is 0 Å². The van der Waals surface area contributed by atoms with Crippen LogP contribution in [-0.2, 0) is 18.3 Å². The highest BCUT2D eigenvalue weighted by atomic mass is 16.5. The molecule has 2 aromatic heterocycles. The monoisotopic (exact) mass is 303 g/mol. The number of rotatable bonds is 3. The van der Waals surface area contributed by atoms with Crippen LogP contribution in [0.25, 0.3) is 0 Å². The van der Waals surface area contributed by atoms with Gasteiger partial charge in [0.1, 0.15) is 5.76 Å². The van der Waals surface area contributed by atoms with Crippen molar-refractivity contribution in [2.75, 3.05) is 31.1 Å². The summed E-state index contributed by atoms with van der Waals surface area (Å²) in [4.78, 5) is 20.9. The van der Waals surface area contributed by atoms with Crippen LogP contribution < -0.4 is 4.90 Å². The van der Waals surface area contributed by atoms with Gasteiger partial charge in [-0.1, -0.05) is 5.16 Å². The van der Waals surface area contributed by atoms with E-state index < -0.39 is 0 Å². The molecule has 1 amide bonds. The van der Waals surface area contributed by atoms with Crippen LogP contribution >= 0.6 is 0 Å². The minimum atomic E-state index is 0.133. The SMILES string of the molecule is Cc1noc(C)c1CC(=O)N1CCN(c2nccn2C)CC1. The second-order valence-electron chi connectivity index (χ2n) is 5.69. The summed E-state index contributed by atoms with van der Waals surface area (Å²) in [6.07, 6.45) is 4.10. The number of amides is 1. The van der Waals surface area contributed by atoms with Gasteiger partial charge in [0, 0.05) is 51.2 Å². The average Bonchev–Trinajstić information content (AvgIpc) is 3.08. The van der Waals surface area contributed by atoms with Crippen LogP contribution in [0, 0.1) is 13.8 Å². The van der Waals surface area contributed by atoms with Gasteiger partial charge >= 0.3 is 0 Å². The van der Waals surface area contributed by atoms with Crippen LogP contribution in [0.1, 0.15) is 17.0 Å². The average molecular weight is 303 g/mol. The molecule has 0 spiro atoms. The molecule has 1 saturated heterocycles. The first-order chi connectivity index (χ1) is 10.6. The standard InChI is InChI=1S/C15H21N5O2/c1-11-13(12(2)22-17-11)10-14(21)19-6-8-20(9-7-19)15-16-4-5-18(15)3/h4-5H,6-10H2,1-3H3. The number of nitrogens with zero attached hydrogens (tertiary/aromatic N) is 5. The fraction of sp³-hybridized carbons (Fsp3) is 0.533. The number of piperazine rings is 1. The number of aryl methyl sites for hydroxylation is 3. The quantitative estimate of drug-likeness (QED) is 0.843. The second-order valence-corrected chi connectivity index (χ2v) is 5.69. The van der Waals surface area contributed by atoms with Crippen LogP contribution in [0.3, 0.4) is 0 Å². The van der Waals surface area contributed by atoms with E-state index in [-0.39, 0.29) is 5.91 Å². The van der Waals surface area contributed by atoms with Gasteiger partial charge in [-0.3, -0.25) is 4.79 Å². The molecule has 1 aliphatic heterocycles. The highest BCUT2D eigenvalue weighted by molar-refractivity contribution is 5.79. The normalized spacial score (nSPS) is 15.4. The number of hydrogen-bond donors (Lipinski definition) is 0. The molecule has 3 heterocycles. The van der Waals surface area contributed by atoms with Crippen LogP contribution in [0.5, 0.6) is 0 Å². The van der Waals surface area contributed by atoms with E-state index >= 15 is 0 Å². The Bertz CT molecular complexity index is 648. The zero-order chi connectivity index (χ0) is 15.7. The molecule has 1 fully saturated rings. The van der Waals surface area contributed by atoms with Crippen LogP contribution in [-0.4, -0.2) is 51.7 Å².